The third-order valence-corrected chi connectivity index (χ3v) is 3.70. The number of rotatable bonds is 3. The van der Waals surface area contributed by atoms with Gasteiger partial charge in [-0.15, -0.1) is 0 Å². The van der Waals surface area contributed by atoms with Crippen LogP contribution in [0.15, 0.2) is 0 Å². The van der Waals surface area contributed by atoms with Crippen molar-refractivity contribution in [2.24, 2.45) is 5.92 Å². The monoisotopic (exact) mass is 211 g/mol. The summed E-state index contributed by atoms with van der Waals surface area (Å²) in [6, 6.07) is 0.523. The molecule has 0 radical (unpaired) electrons. The van der Waals surface area contributed by atoms with E-state index in [1.807, 2.05) is 0 Å². The Morgan fingerprint density at radius 2 is 2.40 bits per heavy atom. The number of ketones is 1. The van der Waals surface area contributed by atoms with Crippen molar-refractivity contribution in [3.8, 4) is 0 Å². The Hall–Kier alpha value is -0.410. The molecule has 2 atom stereocenters. The Balaban J connectivity index is 1.74. The predicted octanol–water partition coefficient (Wildman–Crippen LogP) is 1.47. The summed E-state index contributed by atoms with van der Waals surface area (Å²) in [4.78, 5) is 13.9. The summed E-state index contributed by atoms with van der Waals surface area (Å²) in [7, 11) is 0. The van der Waals surface area contributed by atoms with E-state index >= 15 is 0 Å². The molecule has 2 rings (SSSR count). The van der Waals surface area contributed by atoms with E-state index < -0.39 is 0 Å². The minimum absolute atomic E-state index is 0.361. The van der Waals surface area contributed by atoms with Crippen LogP contribution in [0.3, 0.4) is 0 Å². The summed E-state index contributed by atoms with van der Waals surface area (Å²) >= 11 is 0. The molecule has 0 aromatic rings. The zero-order valence-corrected chi connectivity index (χ0v) is 9.58. The van der Waals surface area contributed by atoms with Crippen LogP contribution in [0.4, 0.5) is 0 Å². The van der Waals surface area contributed by atoms with Crippen molar-refractivity contribution in [2.45, 2.75) is 38.6 Å². The molecule has 86 valence electrons. The first-order valence-electron chi connectivity index (χ1n) is 6.12. The summed E-state index contributed by atoms with van der Waals surface area (Å²) < 4.78 is 5.40. The van der Waals surface area contributed by atoms with Crippen molar-refractivity contribution in [3.63, 3.8) is 0 Å². The van der Waals surface area contributed by atoms with E-state index in [1.165, 1.54) is 0 Å². The lowest BCUT2D eigenvalue weighted by atomic mass is 10.0. The predicted molar refractivity (Wildman–Crippen MR) is 58.8 cm³/mol. The van der Waals surface area contributed by atoms with E-state index in [4.69, 9.17) is 4.74 Å². The average molecular weight is 211 g/mol. The van der Waals surface area contributed by atoms with Crippen LogP contribution < -0.4 is 0 Å². The fourth-order valence-corrected chi connectivity index (χ4v) is 2.61. The third-order valence-electron chi connectivity index (χ3n) is 3.70. The van der Waals surface area contributed by atoms with Gasteiger partial charge < -0.3 is 4.74 Å². The highest BCUT2D eigenvalue weighted by Gasteiger charge is 2.26. The maximum absolute atomic E-state index is 11.5. The highest BCUT2D eigenvalue weighted by Crippen LogP contribution is 2.24. The van der Waals surface area contributed by atoms with Crippen molar-refractivity contribution in [1.82, 2.24) is 4.90 Å². The summed E-state index contributed by atoms with van der Waals surface area (Å²) in [5.41, 5.74) is 0. The molecule has 0 amide bonds. The highest BCUT2D eigenvalue weighted by atomic mass is 16.5. The van der Waals surface area contributed by atoms with Crippen LogP contribution in [-0.4, -0.2) is 43.0 Å². The topological polar surface area (TPSA) is 29.5 Å². The van der Waals surface area contributed by atoms with Gasteiger partial charge in [-0.3, -0.25) is 9.69 Å². The molecule has 2 aliphatic rings. The maximum Gasteiger partial charge on any atom is 0.136 e. The largest absolute Gasteiger partial charge is 0.379 e. The minimum atomic E-state index is 0.361. The van der Waals surface area contributed by atoms with Crippen molar-refractivity contribution in [1.29, 1.82) is 0 Å². The molecule has 3 nitrogen and oxygen atoms in total. The number of hydrogen-bond acceptors (Lipinski definition) is 3. The van der Waals surface area contributed by atoms with Crippen LogP contribution in [0.5, 0.6) is 0 Å². The molecule has 1 saturated carbocycles. The van der Waals surface area contributed by atoms with E-state index in [0.29, 0.717) is 17.7 Å². The van der Waals surface area contributed by atoms with E-state index in [9.17, 15) is 4.79 Å². The lowest BCUT2D eigenvalue weighted by Crippen LogP contribution is -2.44. The molecule has 15 heavy (non-hydrogen) atoms. The molecule has 0 bridgehead atoms. The van der Waals surface area contributed by atoms with Crippen LogP contribution in [0.1, 0.15) is 32.6 Å². The molecule has 0 aromatic carbocycles. The molecule has 3 heteroatoms. The Morgan fingerprint density at radius 3 is 3.07 bits per heavy atom. The molecular weight excluding hydrogens is 190 g/mol. The van der Waals surface area contributed by atoms with Crippen LogP contribution in [-0.2, 0) is 9.53 Å². The van der Waals surface area contributed by atoms with E-state index in [0.717, 1.165) is 52.0 Å². The first kappa shape index (κ1) is 11.1. The molecule has 1 aliphatic heterocycles. The summed E-state index contributed by atoms with van der Waals surface area (Å²) in [6.07, 6.45) is 4.12. The molecule has 1 saturated heterocycles. The minimum Gasteiger partial charge on any atom is -0.379 e. The average Bonchev–Trinajstić information content (AvgIpc) is 2.63. The van der Waals surface area contributed by atoms with Crippen molar-refractivity contribution in [3.05, 3.63) is 0 Å². The molecule has 2 fully saturated rings. The van der Waals surface area contributed by atoms with Gasteiger partial charge in [0.15, 0.2) is 0 Å². The fraction of sp³-hybridized carbons (Fsp3) is 0.917. The number of morpholine rings is 1. The SMILES string of the molecule is CC1COCCN1CCC1CCCC1=O. The van der Waals surface area contributed by atoms with Gasteiger partial charge in [0.25, 0.3) is 0 Å². The van der Waals surface area contributed by atoms with Crippen LogP contribution >= 0.6 is 0 Å². The molecule has 0 spiro atoms. The zero-order chi connectivity index (χ0) is 10.7. The molecule has 2 unspecified atom stereocenters. The van der Waals surface area contributed by atoms with Crippen molar-refractivity contribution >= 4 is 5.78 Å². The standard InChI is InChI=1S/C12H21NO2/c1-10-9-15-8-7-13(10)6-5-11-3-2-4-12(11)14/h10-11H,2-9H2,1H3. The van der Waals surface area contributed by atoms with Crippen LogP contribution in [0, 0.1) is 5.92 Å². The maximum atomic E-state index is 11.5. The van der Waals surface area contributed by atoms with Gasteiger partial charge in [0.1, 0.15) is 5.78 Å². The zero-order valence-electron chi connectivity index (χ0n) is 9.58. The quantitative estimate of drug-likeness (QED) is 0.708. The number of ether oxygens (including phenoxy) is 1. The third kappa shape index (κ3) is 2.79. The number of hydrogen-bond donors (Lipinski definition) is 0. The molecule has 1 heterocycles. The van der Waals surface area contributed by atoms with Crippen molar-refractivity contribution < 1.29 is 9.53 Å². The highest BCUT2D eigenvalue weighted by molar-refractivity contribution is 5.82. The van der Waals surface area contributed by atoms with Crippen molar-refractivity contribution in [2.75, 3.05) is 26.3 Å². The molecular formula is C12H21NO2. The number of nitrogens with zero attached hydrogens (tertiary/aromatic N) is 1. The number of carbonyl (C=O) groups excluding carboxylic acids is 1. The summed E-state index contributed by atoms with van der Waals surface area (Å²) in [5, 5.41) is 0. The molecule has 0 N–H and O–H groups in total. The Bertz CT molecular complexity index is 230. The first-order valence-corrected chi connectivity index (χ1v) is 6.12. The van der Waals surface area contributed by atoms with Crippen LogP contribution in [0.2, 0.25) is 0 Å². The Kier molecular flexibility index (Phi) is 3.76. The van der Waals surface area contributed by atoms with Gasteiger partial charge in [-0.25, -0.2) is 0 Å². The van der Waals surface area contributed by atoms with E-state index in [-0.39, 0.29) is 0 Å². The normalized spacial score (nSPS) is 33.5. The smallest absolute Gasteiger partial charge is 0.136 e. The molecule has 1 aliphatic carbocycles. The summed E-state index contributed by atoms with van der Waals surface area (Å²) in [6.45, 7) is 6.00. The second kappa shape index (κ2) is 5.08. The van der Waals surface area contributed by atoms with Gasteiger partial charge in [0, 0.05) is 24.9 Å². The first-order chi connectivity index (χ1) is 7.27. The van der Waals surface area contributed by atoms with E-state index in [2.05, 4.69) is 11.8 Å². The van der Waals surface area contributed by atoms with E-state index in [1.54, 1.807) is 0 Å². The lowest BCUT2D eigenvalue weighted by Gasteiger charge is -2.33. The Labute approximate surface area is 91.8 Å². The fourth-order valence-electron chi connectivity index (χ4n) is 2.61. The van der Waals surface area contributed by atoms with Gasteiger partial charge in [-0.2, -0.15) is 0 Å². The summed E-state index contributed by atoms with van der Waals surface area (Å²) in [5.74, 6) is 0.857. The van der Waals surface area contributed by atoms with Gasteiger partial charge in [0.05, 0.1) is 13.2 Å². The van der Waals surface area contributed by atoms with Gasteiger partial charge in [-0.05, 0) is 32.7 Å². The second-order valence-electron chi connectivity index (χ2n) is 4.80. The van der Waals surface area contributed by atoms with Gasteiger partial charge in [0.2, 0.25) is 0 Å². The lowest BCUT2D eigenvalue weighted by molar-refractivity contribution is -0.121. The van der Waals surface area contributed by atoms with Crippen LogP contribution in [0.25, 0.3) is 0 Å². The number of Topliss-reactive ketones (excluding diaryl/α,β-unsaturated/α-hetero) is 1. The van der Waals surface area contributed by atoms with Gasteiger partial charge >= 0.3 is 0 Å². The number of carbonyl (C=O) groups is 1. The second-order valence-corrected chi connectivity index (χ2v) is 4.80. The Morgan fingerprint density at radius 1 is 1.53 bits per heavy atom. The van der Waals surface area contributed by atoms with Gasteiger partial charge in [-0.1, -0.05) is 0 Å². The molecule has 0 aromatic heterocycles.